The lowest BCUT2D eigenvalue weighted by molar-refractivity contribution is -0.131. The van der Waals surface area contributed by atoms with Crippen LogP contribution < -0.4 is 5.32 Å². The zero-order valence-electron chi connectivity index (χ0n) is 17.7. The van der Waals surface area contributed by atoms with Gasteiger partial charge < -0.3 is 19.5 Å². The number of amides is 2. The smallest absolute Gasteiger partial charge is 0.292 e. The molecule has 7 nitrogen and oxygen atoms in total. The van der Waals surface area contributed by atoms with Crippen LogP contribution in [0.4, 0.5) is 0 Å². The SMILES string of the molecule is CCN(CC)C(=O)Cn1cc(C(=O)C(=O)NCCCOC(C)C)c2ccccc21. The van der Waals surface area contributed by atoms with Crippen LogP contribution in [0.1, 0.15) is 44.5 Å². The van der Waals surface area contributed by atoms with Crippen molar-refractivity contribution in [2.75, 3.05) is 26.2 Å². The van der Waals surface area contributed by atoms with Crippen LogP contribution in [0.15, 0.2) is 30.5 Å². The molecule has 0 aliphatic heterocycles. The number of hydrogen-bond donors (Lipinski definition) is 1. The Hall–Kier alpha value is -2.67. The van der Waals surface area contributed by atoms with Gasteiger partial charge in [0, 0.05) is 43.3 Å². The van der Waals surface area contributed by atoms with E-state index in [9.17, 15) is 14.4 Å². The number of rotatable bonds is 11. The first-order chi connectivity index (χ1) is 13.9. The van der Waals surface area contributed by atoms with Gasteiger partial charge in [-0.05, 0) is 40.2 Å². The summed E-state index contributed by atoms with van der Waals surface area (Å²) in [6.45, 7) is 10.0. The van der Waals surface area contributed by atoms with Crippen molar-refractivity contribution in [3.8, 4) is 0 Å². The first kappa shape index (κ1) is 22.6. The normalized spacial score (nSPS) is 11.1. The highest BCUT2D eigenvalue weighted by Gasteiger charge is 2.22. The number of likely N-dealkylation sites (N-methyl/N-ethyl adjacent to an activating group) is 1. The number of carbonyl (C=O) groups is 3. The van der Waals surface area contributed by atoms with Crippen molar-refractivity contribution >= 4 is 28.5 Å². The molecule has 2 aromatic rings. The molecule has 7 heteroatoms. The largest absolute Gasteiger partial charge is 0.379 e. The molecule has 0 spiro atoms. The number of ketones is 1. The molecule has 1 aromatic heterocycles. The molecule has 0 aliphatic carbocycles. The van der Waals surface area contributed by atoms with Crippen molar-refractivity contribution in [3.05, 3.63) is 36.0 Å². The van der Waals surface area contributed by atoms with E-state index in [1.807, 2.05) is 45.9 Å². The van der Waals surface area contributed by atoms with Gasteiger partial charge in [-0.15, -0.1) is 0 Å². The molecule has 0 radical (unpaired) electrons. The van der Waals surface area contributed by atoms with E-state index in [1.165, 1.54) is 0 Å². The van der Waals surface area contributed by atoms with Gasteiger partial charge in [0.1, 0.15) is 6.54 Å². The molecule has 0 saturated heterocycles. The third-order valence-corrected chi connectivity index (χ3v) is 4.72. The highest BCUT2D eigenvalue weighted by Crippen LogP contribution is 2.22. The van der Waals surface area contributed by atoms with Crippen LogP contribution in [0.2, 0.25) is 0 Å². The molecular formula is C22H31N3O4. The standard InChI is InChI=1S/C22H31N3O4/c1-5-24(6-2)20(26)15-25-14-18(17-10-7-8-11-19(17)25)21(27)22(28)23-12-9-13-29-16(3)4/h7-8,10-11,14,16H,5-6,9,12-13,15H2,1-4H3,(H,23,28). The zero-order valence-corrected chi connectivity index (χ0v) is 17.7. The number of aromatic nitrogens is 1. The second-order valence-electron chi connectivity index (χ2n) is 7.11. The topological polar surface area (TPSA) is 80.6 Å². The fourth-order valence-electron chi connectivity index (χ4n) is 3.18. The van der Waals surface area contributed by atoms with Crippen molar-refractivity contribution in [2.24, 2.45) is 0 Å². The predicted molar refractivity (Wildman–Crippen MR) is 113 cm³/mol. The zero-order chi connectivity index (χ0) is 21.4. The maximum Gasteiger partial charge on any atom is 0.292 e. The molecule has 0 saturated carbocycles. The summed E-state index contributed by atoms with van der Waals surface area (Å²) in [5, 5.41) is 3.32. The maximum absolute atomic E-state index is 12.7. The highest BCUT2D eigenvalue weighted by atomic mass is 16.5. The van der Waals surface area contributed by atoms with Crippen molar-refractivity contribution in [1.29, 1.82) is 0 Å². The lowest BCUT2D eigenvalue weighted by Gasteiger charge is -2.19. The number of carbonyl (C=O) groups excluding carboxylic acids is 3. The first-order valence-corrected chi connectivity index (χ1v) is 10.2. The third-order valence-electron chi connectivity index (χ3n) is 4.72. The van der Waals surface area contributed by atoms with Crippen molar-refractivity contribution in [1.82, 2.24) is 14.8 Å². The summed E-state index contributed by atoms with van der Waals surface area (Å²) in [5.41, 5.74) is 1.07. The summed E-state index contributed by atoms with van der Waals surface area (Å²) in [5.74, 6) is -1.27. The summed E-state index contributed by atoms with van der Waals surface area (Å²) in [6, 6.07) is 7.31. The number of nitrogens with one attached hydrogen (secondary N) is 1. The van der Waals surface area contributed by atoms with Crippen LogP contribution in [-0.4, -0.2) is 59.4 Å². The van der Waals surface area contributed by atoms with E-state index < -0.39 is 11.7 Å². The van der Waals surface area contributed by atoms with E-state index in [0.29, 0.717) is 43.6 Å². The van der Waals surface area contributed by atoms with E-state index in [1.54, 1.807) is 21.7 Å². The van der Waals surface area contributed by atoms with Crippen LogP contribution in [0.25, 0.3) is 10.9 Å². The van der Waals surface area contributed by atoms with E-state index in [4.69, 9.17) is 4.74 Å². The van der Waals surface area contributed by atoms with Crippen LogP contribution in [0, 0.1) is 0 Å². The van der Waals surface area contributed by atoms with Crippen molar-refractivity contribution in [3.63, 3.8) is 0 Å². The van der Waals surface area contributed by atoms with Gasteiger partial charge in [-0.1, -0.05) is 18.2 Å². The van der Waals surface area contributed by atoms with Crippen LogP contribution >= 0.6 is 0 Å². The average molecular weight is 402 g/mol. The van der Waals surface area contributed by atoms with Gasteiger partial charge in [0.25, 0.3) is 11.7 Å². The minimum atomic E-state index is -0.646. The molecular weight excluding hydrogens is 370 g/mol. The Morgan fingerprint density at radius 3 is 2.48 bits per heavy atom. The van der Waals surface area contributed by atoms with Gasteiger partial charge in [-0.25, -0.2) is 0 Å². The fraction of sp³-hybridized carbons (Fsp3) is 0.500. The molecule has 0 unspecified atom stereocenters. The number of ether oxygens (including phenoxy) is 1. The quantitative estimate of drug-likeness (QED) is 0.357. The van der Waals surface area contributed by atoms with Gasteiger partial charge in [0.2, 0.25) is 5.91 Å². The summed E-state index contributed by atoms with van der Waals surface area (Å²) >= 11 is 0. The molecule has 1 N–H and O–H groups in total. The third kappa shape index (κ3) is 5.90. The molecule has 2 amide bonds. The Morgan fingerprint density at radius 2 is 1.83 bits per heavy atom. The number of benzene rings is 1. The molecule has 0 bridgehead atoms. The Labute approximate surface area is 172 Å². The van der Waals surface area contributed by atoms with E-state index >= 15 is 0 Å². The lowest BCUT2D eigenvalue weighted by Crippen LogP contribution is -2.33. The van der Waals surface area contributed by atoms with Crippen molar-refractivity contribution < 1.29 is 19.1 Å². The minimum Gasteiger partial charge on any atom is -0.379 e. The van der Waals surface area contributed by atoms with Crippen LogP contribution in [-0.2, 0) is 20.9 Å². The fourth-order valence-corrected chi connectivity index (χ4v) is 3.18. The summed E-state index contributed by atoms with van der Waals surface area (Å²) in [7, 11) is 0. The second kappa shape index (κ2) is 10.8. The van der Waals surface area contributed by atoms with Gasteiger partial charge in [0.15, 0.2) is 0 Å². The van der Waals surface area contributed by atoms with Crippen molar-refractivity contribution in [2.45, 2.75) is 46.8 Å². The second-order valence-corrected chi connectivity index (χ2v) is 7.11. The Kier molecular flexibility index (Phi) is 8.39. The predicted octanol–water partition coefficient (Wildman–Crippen LogP) is 2.62. The molecule has 0 fully saturated rings. The molecule has 158 valence electrons. The van der Waals surface area contributed by atoms with Crippen LogP contribution in [0.3, 0.4) is 0 Å². The van der Waals surface area contributed by atoms with Crippen LogP contribution in [0.5, 0.6) is 0 Å². The number of fused-ring (bicyclic) bond motifs is 1. The molecule has 2 rings (SSSR count). The number of para-hydroxylation sites is 1. The maximum atomic E-state index is 12.7. The van der Waals surface area contributed by atoms with Gasteiger partial charge in [-0.3, -0.25) is 14.4 Å². The Balaban J connectivity index is 2.13. The number of Topliss-reactive ketones (excluding diaryl/α,β-unsaturated/α-hetero) is 1. The Bertz CT molecular complexity index is 853. The molecule has 0 aliphatic rings. The van der Waals surface area contributed by atoms with E-state index in [-0.39, 0.29) is 18.6 Å². The molecule has 29 heavy (non-hydrogen) atoms. The number of nitrogens with zero attached hydrogens (tertiary/aromatic N) is 2. The molecule has 1 heterocycles. The summed E-state index contributed by atoms with van der Waals surface area (Å²) in [4.78, 5) is 39.3. The first-order valence-electron chi connectivity index (χ1n) is 10.2. The summed E-state index contributed by atoms with van der Waals surface area (Å²) in [6.07, 6.45) is 2.38. The number of hydrogen-bond acceptors (Lipinski definition) is 4. The van der Waals surface area contributed by atoms with Gasteiger partial charge in [0.05, 0.1) is 11.7 Å². The summed E-state index contributed by atoms with van der Waals surface area (Å²) < 4.78 is 7.17. The monoisotopic (exact) mass is 401 g/mol. The minimum absolute atomic E-state index is 0.0237. The Morgan fingerprint density at radius 1 is 1.14 bits per heavy atom. The average Bonchev–Trinajstić information content (AvgIpc) is 3.06. The highest BCUT2D eigenvalue weighted by molar-refractivity contribution is 6.45. The van der Waals surface area contributed by atoms with Gasteiger partial charge >= 0.3 is 0 Å². The lowest BCUT2D eigenvalue weighted by atomic mass is 10.1. The molecule has 1 aromatic carbocycles. The van der Waals surface area contributed by atoms with Gasteiger partial charge in [-0.2, -0.15) is 0 Å². The van der Waals surface area contributed by atoms with E-state index in [0.717, 1.165) is 5.52 Å². The molecule has 0 atom stereocenters. The van der Waals surface area contributed by atoms with E-state index in [2.05, 4.69) is 5.32 Å².